The quantitative estimate of drug-likeness (QED) is 0.647. The van der Waals surface area contributed by atoms with E-state index in [2.05, 4.69) is 5.32 Å². The average molecular weight is 193 g/mol. The normalized spacial score (nSPS) is 29.7. The molecule has 0 saturated carbocycles. The Morgan fingerprint density at radius 1 is 1.67 bits per heavy atom. The van der Waals surface area contributed by atoms with E-state index in [1.54, 1.807) is 0 Å². The van der Waals surface area contributed by atoms with Crippen LogP contribution < -0.4 is 5.32 Å². The van der Waals surface area contributed by atoms with Crippen molar-refractivity contribution in [1.82, 2.24) is 5.32 Å². The molecular weight excluding hydrogens is 178 g/mol. The molecule has 0 aliphatic carbocycles. The van der Waals surface area contributed by atoms with Crippen LogP contribution in [0.5, 0.6) is 0 Å². The molecule has 72 valence electrons. The van der Waals surface area contributed by atoms with Crippen LogP contribution in [0, 0.1) is 0 Å². The molecule has 0 aromatic rings. The largest absolute Gasteiger partial charge is 0.311 e. The Bertz CT molecular complexity index is 159. The first kappa shape index (κ1) is 10.1. The van der Waals surface area contributed by atoms with Gasteiger partial charge in [-0.05, 0) is 26.3 Å². The topological polar surface area (TPSA) is 58.6 Å². The van der Waals surface area contributed by atoms with Crippen molar-refractivity contribution in [2.45, 2.75) is 38.3 Å². The lowest BCUT2D eigenvalue weighted by molar-refractivity contribution is 0.156. The van der Waals surface area contributed by atoms with Crippen LogP contribution in [-0.2, 0) is 15.5 Å². The lowest BCUT2D eigenvalue weighted by Gasteiger charge is -2.27. The molecule has 0 amide bonds. The summed E-state index contributed by atoms with van der Waals surface area (Å²) in [5.41, 5.74) is 0. The highest BCUT2D eigenvalue weighted by Gasteiger charge is 2.21. The van der Waals surface area contributed by atoms with Crippen molar-refractivity contribution in [2.75, 3.05) is 6.54 Å². The molecule has 0 aromatic carbocycles. The van der Waals surface area contributed by atoms with Crippen LogP contribution in [0.25, 0.3) is 0 Å². The minimum atomic E-state index is -2.14. The van der Waals surface area contributed by atoms with Crippen molar-refractivity contribution in [3.63, 3.8) is 0 Å². The first-order valence-corrected chi connectivity index (χ1v) is 5.24. The molecule has 4 nitrogen and oxygen atoms in total. The summed E-state index contributed by atoms with van der Waals surface area (Å²) in [6.45, 7) is 2.80. The van der Waals surface area contributed by atoms with Gasteiger partial charge in [0.1, 0.15) is 0 Å². The molecule has 1 aliphatic heterocycles. The van der Waals surface area contributed by atoms with E-state index in [-0.39, 0.29) is 12.1 Å². The summed E-state index contributed by atoms with van der Waals surface area (Å²) in [6.07, 6.45) is 3.20. The lowest BCUT2D eigenvalue weighted by atomic mass is 10.0. The third-order valence-corrected chi connectivity index (χ3v) is 2.62. The fourth-order valence-electron chi connectivity index (χ4n) is 1.48. The fraction of sp³-hybridized carbons (Fsp3) is 1.00. The highest BCUT2D eigenvalue weighted by molar-refractivity contribution is 7.74. The van der Waals surface area contributed by atoms with Crippen LogP contribution in [0.15, 0.2) is 0 Å². The highest BCUT2D eigenvalue weighted by Crippen LogP contribution is 2.12. The molecular formula is C7H15NO3S. The number of rotatable bonds is 3. The molecule has 1 fully saturated rings. The van der Waals surface area contributed by atoms with Gasteiger partial charge in [0.05, 0.1) is 6.10 Å². The van der Waals surface area contributed by atoms with Gasteiger partial charge >= 0.3 is 11.4 Å². The van der Waals surface area contributed by atoms with E-state index in [1.807, 2.05) is 6.92 Å². The molecule has 0 radical (unpaired) electrons. The third kappa shape index (κ3) is 3.18. The molecule has 1 saturated heterocycles. The van der Waals surface area contributed by atoms with Crippen molar-refractivity contribution in [3.05, 3.63) is 0 Å². The second-order valence-corrected chi connectivity index (χ2v) is 3.70. The van der Waals surface area contributed by atoms with E-state index in [0.717, 1.165) is 13.0 Å². The van der Waals surface area contributed by atoms with Crippen LogP contribution >= 0.6 is 0 Å². The number of hydrogen-bond donors (Lipinski definition) is 2. The molecule has 5 heteroatoms. The summed E-state index contributed by atoms with van der Waals surface area (Å²) in [7, 11) is 0. The van der Waals surface area contributed by atoms with Crippen LogP contribution in [-0.4, -0.2) is 27.5 Å². The van der Waals surface area contributed by atoms with Gasteiger partial charge in [-0.3, -0.25) is 8.74 Å². The van der Waals surface area contributed by atoms with E-state index >= 15 is 0 Å². The van der Waals surface area contributed by atoms with E-state index in [4.69, 9.17) is 8.74 Å². The summed E-state index contributed by atoms with van der Waals surface area (Å²) in [4.78, 5) is 0. The van der Waals surface area contributed by atoms with E-state index in [1.165, 1.54) is 12.8 Å². The zero-order valence-electron chi connectivity index (χ0n) is 7.16. The zero-order chi connectivity index (χ0) is 8.97. The van der Waals surface area contributed by atoms with Gasteiger partial charge < -0.3 is 5.32 Å². The van der Waals surface area contributed by atoms with Crippen LogP contribution in [0.4, 0.5) is 0 Å². The van der Waals surface area contributed by atoms with Gasteiger partial charge in [-0.15, -0.1) is 0 Å². The van der Waals surface area contributed by atoms with Gasteiger partial charge in [0.15, 0.2) is 0 Å². The number of hydrogen-bond acceptors (Lipinski definition) is 3. The van der Waals surface area contributed by atoms with Crippen LogP contribution in [0.3, 0.4) is 0 Å². The Morgan fingerprint density at radius 2 is 2.42 bits per heavy atom. The van der Waals surface area contributed by atoms with E-state index < -0.39 is 11.4 Å². The number of piperidine rings is 1. The summed E-state index contributed by atoms with van der Waals surface area (Å²) < 4.78 is 23.5. The molecule has 1 heterocycles. The second kappa shape index (κ2) is 4.91. The van der Waals surface area contributed by atoms with Crippen LogP contribution in [0.1, 0.15) is 26.2 Å². The van der Waals surface area contributed by atoms with Gasteiger partial charge in [0.25, 0.3) is 0 Å². The average Bonchev–Trinajstić information content (AvgIpc) is 2.05. The molecule has 0 aromatic heterocycles. The van der Waals surface area contributed by atoms with Crippen LogP contribution in [0.2, 0.25) is 0 Å². The molecule has 3 unspecified atom stereocenters. The third-order valence-electron chi connectivity index (χ3n) is 2.15. The summed E-state index contributed by atoms with van der Waals surface area (Å²) in [5, 5.41) is 3.25. The Balaban J connectivity index is 2.29. The van der Waals surface area contributed by atoms with Gasteiger partial charge in [0.2, 0.25) is 0 Å². The molecule has 3 atom stereocenters. The Kier molecular flexibility index (Phi) is 4.14. The van der Waals surface area contributed by atoms with Crippen molar-refractivity contribution in [3.8, 4) is 0 Å². The van der Waals surface area contributed by atoms with Gasteiger partial charge in [-0.1, -0.05) is 6.42 Å². The maximum Gasteiger partial charge on any atom is 0.302 e. The number of nitrogens with one attached hydrogen (secondary N) is 1. The maximum atomic E-state index is 10.3. The molecule has 0 bridgehead atoms. The second-order valence-electron chi connectivity index (χ2n) is 3.07. The van der Waals surface area contributed by atoms with Crippen molar-refractivity contribution in [1.29, 1.82) is 0 Å². The van der Waals surface area contributed by atoms with Gasteiger partial charge in [0, 0.05) is 6.04 Å². The standard InChI is InChI=1S/C7H15NO3S/c1-6(11-12(9)10)7-4-2-3-5-8-7/h6-8H,2-5H2,1H3,(H,9,10). The van der Waals surface area contributed by atoms with Gasteiger partial charge in [-0.25, -0.2) is 0 Å². The first-order chi connectivity index (χ1) is 5.70. The molecule has 2 N–H and O–H groups in total. The monoisotopic (exact) mass is 193 g/mol. The predicted octanol–water partition coefficient (Wildman–Crippen LogP) is 0.670. The van der Waals surface area contributed by atoms with Crippen molar-refractivity contribution in [2.24, 2.45) is 0 Å². The Labute approximate surface area is 75.2 Å². The Morgan fingerprint density at radius 3 is 2.92 bits per heavy atom. The smallest absolute Gasteiger partial charge is 0.302 e. The van der Waals surface area contributed by atoms with E-state index in [9.17, 15) is 4.21 Å². The minimum Gasteiger partial charge on any atom is -0.311 e. The summed E-state index contributed by atoms with van der Waals surface area (Å²) >= 11 is -2.14. The van der Waals surface area contributed by atoms with Crippen molar-refractivity contribution >= 4 is 11.4 Å². The molecule has 0 spiro atoms. The fourth-order valence-corrected chi connectivity index (χ4v) is 1.87. The van der Waals surface area contributed by atoms with E-state index in [0.29, 0.717) is 0 Å². The minimum absolute atomic E-state index is 0.184. The highest BCUT2D eigenvalue weighted by atomic mass is 32.2. The SMILES string of the molecule is CC(OS(=O)O)C1CCCCN1. The summed E-state index contributed by atoms with van der Waals surface area (Å²) in [6, 6.07) is 0.231. The lowest BCUT2D eigenvalue weighted by Crippen LogP contribution is -2.43. The molecule has 12 heavy (non-hydrogen) atoms. The molecule has 1 rings (SSSR count). The maximum absolute atomic E-state index is 10.3. The first-order valence-electron chi connectivity index (χ1n) is 4.21. The Hall–Kier alpha value is 0.0300. The summed E-state index contributed by atoms with van der Waals surface area (Å²) in [5.74, 6) is 0. The molecule has 1 aliphatic rings. The predicted molar refractivity (Wildman–Crippen MR) is 47.0 cm³/mol. The van der Waals surface area contributed by atoms with Gasteiger partial charge in [-0.2, -0.15) is 4.21 Å². The van der Waals surface area contributed by atoms with Crippen molar-refractivity contribution < 1.29 is 12.9 Å². The zero-order valence-corrected chi connectivity index (χ0v) is 7.97.